The van der Waals surface area contributed by atoms with Gasteiger partial charge in [0.2, 0.25) is 0 Å². The molecule has 0 spiro atoms. The lowest BCUT2D eigenvalue weighted by Crippen LogP contribution is -2.54. The van der Waals surface area contributed by atoms with Crippen molar-refractivity contribution in [3.63, 3.8) is 0 Å². The topological polar surface area (TPSA) is 21.3 Å². The maximum absolute atomic E-state index is 6.38. The van der Waals surface area contributed by atoms with Crippen molar-refractivity contribution in [2.75, 3.05) is 6.54 Å². The molecule has 1 saturated heterocycles. The molecule has 2 nitrogen and oxygen atoms in total. The van der Waals surface area contributed by atoms with Gasteiger partial charge >= 0.3 is 0 Å². The maximum atomic E-state index is 6.38. The molecule has 0 bridgehead atoms. The van der Waals surface area contributed by atoms with Crippen LogP contribution in [0.4, 0.5) is 0 Å². The van der Waals surface area contributed by atoms with Crippen LogP contribution in [0.25, 0.3) is 0 Å². The van der Waals surface area contributed by atoms with E-state index in [0.29, 0.717) is 6.04 Å². The minimum Gasteiger partial charge on any atom is -0.363 e. The van der Waals surface area contributed by atoms with Gasteiger partial charge in [0.1, 0.15) is 6.10 Å². The molecule has 2 rings (SSSR count). The normalized spacial score (nSPS) is 29.2. The first-order valence-corrected chi connectivity index (χ1v) is 7.03. The predicted molar refractivity (Wildman–Crippen MR) is 68.9 cm³/mol. The predicted octanol–water partition coefficient (Wildman–Crippen LogP) is 3.36. The number of nitrogens with one attached hydrogen (secondary N) is 1. The molecule has 1 fully saturated rings. The van der Waals surface area contributed by atoms with Crippen molar-refractivity contribution in [3.05, 3.63) is 22.4 Å². The lowest BCUT2D eigenvalue weighted by molar-refractivity contribution is -0.137. The fourth-order valence-corrected chi connectivity index (χ4v) is 3.15. The molecule has 0 aromatic carbocycles. The zero-order chi connectivity index (χ0) is 11.6. The number of hydrogen-bond donors (Lipinski definition) is 1. The van der Waals surface area contributed by atoms with Gasteiger partial charge in [-0.3, -0.25) is 0 Å². The summed E-state index contributed by atoms with van der Waals surface area (Å²) in [5.74, 6) is 0. The minimum atomic E-state index is 0.0289. The average Bonchev–Trinajstić information content (AvgIpc) is 2.84. The van der Waals surface area contributed by atoms with Crippen molar-refractivity contribution < 1.29 is 4.74 Å². The Morgan fingerprint density at radius 3 is 2.81 bits per heavy atom. The second-order valence-corrected chi connectivity index (χ2v) is 5.59. The third kappa shape index (κ3) is 2.17. The number of ether oxygens (including phenoxy) is 1. The van der Waals surface area contributed by atoms with Crippen molar-refractivity contribution in [2.24, 2.45) is 0 Å². The molecule has 3 heteroatoms. The third-order valence-electron chi connectivity index (χ3n) is 3.69. The van der Waals surface area contributed by atoms with Gasteiger partial charge in [0.05, 0.1) is 5.60 Å². The average molecular weight is 239 g/mol. The SMILES string of the molecule is CCC1(CC)CNC(C)C(c2cccs2)O1. The smallest absolute Gasteiger partial charge is 0.107 e. The molecular weight excluding hydrogens is 218 g/mol. The molecule has 2 heterocycles. The zero-order valence-electron chi connectivity index (χ0n) is 10.3. The Bertz CT molecular complexity index is 319. The quantitative estimate of drug-likeness (QED) is 0.873. The van der Waals surface area contributed by atoms with Crippen LogP contribution in [0.5, 0.6) is 0 Å². The first-order valence-electron chi connectivity index (χ1n) is 6.15. The van der Waals surface area contributed by atoms with Gasteiger partial charge in [-0.1, -0.05) is 19.9 Å². The Balaban J connectivity index is 2.18. The minimum absolute atomic E-state index is 0.0289. The molecular formula is C13H21NOS. The van der Waals surface area contributed by atoms with Crippen LogP contribution >= 0.6 is 11.3 Å². The van der Waals surface area contributed by atoms with Crippen LogP contribution in [-0.2, 0) is 4.74 Å². The standard InChI is InChI=1S/C13H21NOS/c1-4-13(5-2)9-14-10(3)12(15-13)11-7-6-8-16-11/h6-8,10,12,14H,4-5,9H2,1-3H3. The van der Waals surface area contributed by atoms with Crippen molar-refractivity contribution in [1.29, 1.82) is 0 Å². The summed E-state index contributed by atoms with van der Waals surface area (Å²) in [6.07, 6.45) is 2.37. The summed E-state index contributed by atoms with van der Waals surface area (Å²) in [6, 6.07) is 4.68. The first-order chi connectivity index (χ1) is 7.71. The Labute approximate surface area is 102 Å². The van der Waals surface area contributed by atoms with Crippen LogP contribution in [0.2, 0.25) is 0 Å². The van der Waals surface area contributed by atoms with Crippen LogP contribution in [0.1, 0.15) is 44.6 Å². The van der Waals surface area contributed by atoms with Gasteiger partial charge in [-0.25, -0.2) is 0 Å². The summed E-state index contributed by atoms with van der Waals surface area (Å²) in [5, 5.41) is 5.72. The lowest BCUT2D eigenvalue weighted by atomic mass is 9.93. The molecule has 0 radical (unpaired) electrons. The summed E-state index contributed by atoms with van der Waals surface area (Å²) >= 11 is 1.79. The van der Waals surface area contributed by atoms with Crippen molar-refractivity contribution in [2.45, 2.75) is 51.4 Å². The number of thiophene rings is 1. The van der Waals surface area contributed by atoms with Gasteiger partial charge in [-0.2, -0.15) is 0 Å². The molecule has 0 amide bonds. The van der Waals surface area contributed by atoms with E-state index in [9.17, 15) is 0 Å². The van der Waals surface area contributed by atoms with E-state index in [0.717, 1.165) is 19.4 Å². The molecule has 1 aromatic rings. The largest absolute Gasteiger partial charge is 0.363 e. The van der Waals surface area contributed by atoms with Crippen LogP contribution in [0.3, 0.4) is 0 Å². The Morgan fingerprint density at radius 2 is 2.25 bits per heavy atom. The van der Waals surface area contributed by atoms with Crippen LogP contribution in [0, 0.1) is 0 Å². The van der Waals surface area contributed by atoms with Gasteiger partial charge in [0.25, 0.3) is 0 Å². The van der Waals surface area contributed by atoms with Crippen molar-refractivity contribution in [3.8, 4) is 0 Å². The summed E-state index contributed by atoms with van der Waals surface area (Å²) in [6.45, 7) is 7.61. The van der Waals surface area contributed by atoms with E-state index in [1.165, 1.54) is 4.88 Å². The number of hydrogen-bond acceptors (Lipinski definition) is 3. The highest BCUT2D eigenvalue weighted by molar-refractivity contribution is 7.10. The first kappa shape index (κ1) is 12.1. The van der Waals surface area contributed by atoms with E-state index in [2.05, 4.69) is 43.6 Å². The number of rotatable bonds is 3. The van der Waals surface area contributed by atoms with Gasteiger partial charge in [-0.05, 0) is 31.2 Å². The van der Waals surface area contributed by atoms with Gasteiger partial charge < -0.3 is 10.1 Å². The third-order valence-corrected chi connectivity index (χ3v) is 4.62. The molecule has 2 unspecified atom stereocenters. The van der Waals surface area contributed by atoms with E-state index >= 15 is 0 Å². The summed E-state index contributed by atoms with van der Waals surface area (Å²) < 4.78 is 6.38. The zero-order valence-corrected chi connectivity index (χ0v) is 11.1. The summed E-state index contributed by atoms with van der Waals surface area (Å²) in [7, 11) is 0. The molecule has 0 saturated carbocycles. The van der Waals surface area contributed by atoms with Crippen LogP contribution < -0.4 is 5.32 Å². The van der Waals surface area contributed by atoms with E-state index < -0.39 is 0 Å². The highest BCUT2D eigenvalue weighted by Crippen LogP contribution is 2.36. The summed E-state index contributed by atoms with van der Waals surface area (Å²) in [4.78, 5) is 1.34. The second kappa shape index (κ2) is 4.86. The maximum Gasteiger partial charge on any atom is 0.107 e. The molecule has 90 valence electrons. The van der Waals surface area contributed by atoms with Crippen LogP contribution in [0.15, 0.2) is 17.5 Å². The Morgan fingerprint density at radius 1 is 1.50 bits per heavy atom. The molecule has 16 heavy (non-hydrogen) atoms. The highest BCUT2D eigenvalue weighted by atomic mass is 32.1. The van der Waals surface area contributed by atoms with Crippen molar-refractivity contribution in [1.82, 2.24) is 5.32 Å². The molecule has 1 aliphatic rings. The Hall–Kier alpha value is -0.380. The van der Waals surface area contributed by atoms with E-state index in [4.69, 9.17) is 4.74 Å². The monoisotopic (exact) mass is 239 g/mol. The molecule has 2 atom stereocenters. The van der Waals surface area contributed by atoms with E-state index in [1.54, 1.807) is 11.3 Å². The molecule has 1 aliphatic heterocycles. The lowest BCUT2D eigenvalue weighted by Gasteiger charge is -2.44. The van der Waals surface area contributed by atoms with Crippen molar-refractivity contribution >= 4 is 11.3 Å². The fourth-order valence-electron chi connectivity index (χ4n) is 2.29. The molecule has 0 aliphatic carbocycles. The van der Waals surface area contributed by atoms with E-state index in [1.807, 2.05) is 0 Å². The second-order valence-electron chi connectivity index (χ2n) is 4.61. The van der Waals surface area contributed by atoms with Gasteiger partial charge in [0, 0.05) is 17.5 Å². The molecule has 1 aromatic heterocycles. The fraction of sp³-hybridized carbons (Fsp3) is 0.692. The Kier molecular flexibility index (Phi) is 3.67. The van der Waals surface area contributed by atoms with Gasteiger partial charge in [0.15, 0.2) is 0 Å². The molecule has 1 N–H and O–H groups in total. The summed E-state index contributed by atoms with van der Waals surface area (Å²) in [5.41, 5.74) is 0.0289. The van der Waals surface area contributed by atoms with E-state index in [-0.39, 0.29) is 11.7 Å². The van der Waals surface area contributed by atoms with Gasteiger partial charge in [-0.15, -0.1) is 11.3 Å². The number of morpholine rings is 1. The highest BCUT2D eigenvalue weighted by Gasteiger charge is 2.38. The van der Waals surface area contributed by atoms with Crippen LogP contribution in [-0.4, -0.2) is 18.2 Å².